The molecule has 0 aliphatic heterocycles. The molecule has 0 saturated heterocycles. The Morgan fingerprint density at radius 3 is 2.80 bits per heavy atom. The van der Waals surface area contributed by atoms with Crippen molar-refractivity contribution in [2.75, 3.05) is 0 Å². The van der Waals surface area contributed by atoms with Gasteiger partial charge in [0.1, 0.15) is 0 Å². The SMILES string of the molecule is Cc1ncsc1C(C)NC(C)CC(N)=O. The number of aryl methyl sites for hydroxylation is 1. The zero-order chi connectivity index (χ0) is 11.4. The lowest BCUT2D eigenvalue weighted by atomic mass is 10.1. The van der Waals surface area contributed by atoms with E-state index in [9.17, 15) is 4.79 Å². The number of primary amides is 1. The molecule has 0 spiro atoms. The first kappa shape index (κ1) is 12.1. The van der Waals surface area contributed by atoms with E-state index >= 15 is 0 Å². The van der Waals surface area contributed by atoms with Gasteiger partial charge in [0, 0.05) is 23.4 Å². The number of carbonyl (C=O) groups is 1. The van der Waals surface area contributed by atoms with Crippen molar-refractivity contribution in [2.45, 2.75) is 39.3 Å². The zero-order valence-electron chi connectivity index (χ0n) is 9.28. The van der Waals surface area contributed by atoms with Crippen LogP contribution in [-0.4, -0.2) is 16.9 Å². The maximum absolute atomic E-state index is 10.7. The number of rotatable bonds is 5. The van der Waals surface area contributed by atoms with Crippen LogP contribution < -0.4 is 11.1 Å². The van der Waals surface area contributed by atoms with Gasteiger partial charge in [-0.05, 0) is 20.8 Å². The number of hydrogen-bond acceptors (Lipinski definition) is 4. The van der Waals surface area contributed by atoms with Crippen molar-refractivity contribution < 1.29 is 4.79 Å². The number of nitrogens with two attached hydrogens (primary N) is 1. The third kappa shape index (κ3) is 3.60. The molecule has 15 heavy (non-hydrogen) atoms. The normalized spacial score (nSPS) is 14.9. The van der Waals surface area contributed by atoms with E-state index in [-0.39, 0.29) is 18.0 Å². The molecule has 0 aliphatic carbocycles. The smallest absolute Gasteiger partial charge is 0.218 e. The van der Waals surface area contributed by atoms with Crippen LogP contribution in [0.3, 0.4) is 0 Å². The fourth-order valence-electron chi connectivity index (χ4n) is 1.59. The fourth-order valence-corrected chi connectivity index (χ4v) is 2.41. The standard InChI is InChI=1S/C10H17N3OS/c1-6(4-9(11)14)13-8(3)10-7(2)12-5-15-10/h5-6,8,13H,4H2,1-3H3,(H2,11,14). The highest BCUT2D eigenvalue weighted by atomic mass is 32.1. The molecule has 1 aromatic heterocycles. The lowest BCUT2D eigenvalue weighted by Crippen LogP contribution is -2.32. The van der Waals surface area contributed by atoms with Crippen LogP contribution >= 0.6 is 11.3 Å². The van der Waals surface area contributed by atoms with Gasteiger partial charge in [-0.1, -0.05) is 0 Å². The highest BCUT2D eigenvalue weighted by Crippen LogP contribution is 2.21. The fraction of sp³-hybridized carbons (Fsp3) is 0.600. The molecule has 4 nitrogen and oxygen atoms in total. The third-order valence-electron chi connectivity index (χ3n) is 2.22. The summed E-state index contributed by atoms with van der Waals surface area (Å²) >= 11 is 1.63. The highest BCUT2D eigenvalue weighted by molar-refractivity contribution is 7.09. The maximum atomic E-state index is 10.7. The van der Waals surface area contributed by atoms with E-state index < -0.39 is 0 Å². The van der Waals surface area contributed by atoms with Crippen LogP contribution in [0.1, 0.15) is 36.9 Å². The number of carbonyl (C=O) groups excluding carboxylic acids is 1. The van der Waals surface area contributed by atoms with Crippen molar-refractivity contribution in [3.63, 3.8) is 0 Å². The summed E-state index contributed by atoms with van der Waals surface area (Å²) < 4.78 is 0. The molecule has 5 heteroatoms. The second-order valence-corrected chi connectivity index (χ2v) is 4.65. The number of amides is 1. The molecule has 84 valence electrons. The van der Waals surface area contributed by atoms with Crippen molar-refractivity contribution in [2.24, 2.45) is 5.73 Å². The number of nitrogens with zero attached hydrogens (tertiary/aromatic N) is 1. The summed E-state index contributed by atoms with van der Waals surface area (Å²) in [4.78, 5) is 16.1. The first-order valence-corrected chi connectivity index (χ1v) is 5.83. The Morgan fingerprint density at radius 1 is 1.67 bits per heavy atom. The molecule has 1 heterocycles. The summed E-state index contributed by atoms with van der Waals surface area (Å²) in [7, 11) is 0. The van der Waals surface area contributed by atoms with Crippen LogP contribution in [0.15, 0.2) is 5.51 Å². The van der Waals surface area contributed by atoms with Gasteiger partial charge in [0.15, 0.2) is 0 Å². The summed E-state index contributed by atoms with van der Waals surface area (Å²) in [5.41, 5.74) is 8.01. The summed E-state index contributed by atoms with van der Waals surface area (Å²) in [6.07, 6.45) is 0.363. The molecule has 0 bridgehead atoms. The monoisotopic (exact) mass is 227 g/mol. The van der Waals surface area contributed by atoms with E-state index in [0.29, 0.717) is 6.42 Å². The summed E-state index contributed by atoms with van der Waals surface area (Å²) in [5.74, 6) is -0.275. The Morgan fingerprint density at radius 2 is 2.33 bits per heavy atom. The minimum Gasteiger partial charge on any atom is -0.370 e. The Kier molecular flexibility index (Phi) is 4.23. The number of aromatic nitrogens is 1. The van der Waals surface area contributed by atoms with Gasteiger partial charge in [0.2, 0.25) is 5.91 Å². The van der Waals surface area contributed by atoms with E-state index in [0.717, 1.165) is 5.69 Å². The number of hydrogen-bond donors (Lipinski definition) is 2. The first-order chi connectivity index (χ1) is 7.00. The predicted octanol–water partition coefficient (Wildman–Crippen LogP) is 1.37. The molecule has 0 aromatic carbocycles. The Labute approximate surface area is 93.9 Å². The Bertz CT molecular complexity index is 337. The molecule has 0 radical (unpaired) electrons. The zero-order valence-corrected chi connectivity index (χ0v) is 10.1. The molecule has 3 N–H and O–H groups in total. The third-order valence-corrected chi connectivity index (χ3v) is 3.33. The number of thiazole rings is 1. The predicted molar refractivity (Wildman–Crippen MR) is 61.7 cm³/mol. The lowest BCUT2D eigenvalue weighted by Gasteiger charge is -2.18. The van der Waals surface area contributed by atoms with Gasteiger partial charge in [-0.3, -0.25) is 4.79 Å². The first-order valence-electron chi connectivity index (χ1n) is 4.95. The van der Waals surface area contributed by atoms with Crippen LogP contribution in [0.2, 0.25) is 0 Å². The largest absolute Gasteiger partial charge is 0.370 e. The van der Waals surface area contributed by atoms with Crippen LogP contribution in [0.5, 0.6) is 0 Å². The van der Waals surface area contributed by atoms with Crippen LogP contribution in [0, 0.1) is 6.92 Å². The minimum absolute atomic E-state index is 0.0963. The average Bonchev–Trinajstić information content (AvgIpc) is 2.49. The van der Waals surface area contributed by atoms with Gasteiger partial charge in [0.05, 0.1) is 11.2 Å². The second-order valence-electron chi connectivity index (χ2n) is 3.76. The topological polar surface area (TPSA) is 68.0 Å². The van der Waals surface area contributed by atoms with E-state index in [1.54, 1.807) is 11.3 Å². The molecular weight excluding hydrogens is 210 g/mol. The number of nitrogens with one attached hydrogen (secondary N) is 1. The van der Waals surface area contributed by atoms with E-state index in [1.807, 2.05) is 19.4 Å². The van der Waals surface area contributed by atoms with Gasteiger partial charge < -0.3 is 11.1 Å². The van der Waals surface area contributed by atoms with Crippen LogP contribution in [0.25, 0.3) is 0 Å². The van der Waals surface area contributed by atoms with Crippen LogP contribution in [-0.2, 0) is 4.79 Å². The molecule has 1 rings (SSSR count). The van der Waals surface area contributed by atoms with Crippen LogP contribution in [0.4, 0.5) is 0 Å². The van der Waals surface area contributed by atoms with Gasteiger partial charge in [-0.15, -0.1) is 11.3 Å². The summed E-state index contributed by atoms with van der Waals surface area (Å²) in [5, 5.41) is 3.32. The van der Waals surface area contributed by atoms with E-state index in [4.69, 9.17) is 5.73 Å². The van der Waals surface area contributed by atoms with Crippen molar-refractivity contribution in [3.05, 3.63) is 16.1 Å². The van der Waals surface area contributed by atoms with Crippen molar-refractivity contribution >= 4 is 17.2 Å². The summed E-state index contributed by atoms with van der Waals surface area (Å²) in [6.45, 7) is 6.01. The van der Waals surface area contributed by atoms with Crippen molar-refractivity contribution in [1.82, 2.24) is 10.3 Å². The second kappa shape index (κ2) is 5.23. The quantitative estimate of drug-likeness (QED) is 0.798. The molecule has 2 atom stereocenters. The Balaban J connectivity index is 2.52. The average molecular weight is 227 g/mol. The van der Waals surface area contributed by atoms with E-state index in [1.165, 1.54) is 4.88 Å². The highest BCUT2D eigenvalue weighted by Gasteiger charge is 2.14. The van der Waals surface area contributed by atoms with Crippen molar-refractivity contribution in [3.8, 4) is 0 Å². The molecule has 1 amide bonds. The Hall–Kier alpha value is -0.940. The van der Waals surface area contributed by atoms with Gasteiger partial charge >= 0.3 is 0 Å². The van der Waals surface area contributed by atoms with Gasteiger partial charge in [0.25, 0.3) is 0 Å². The molecular formula is C10H17N3OS. The molecule has 0 saturated carbocycles. The lowest BCUT2D eigenvalue weighted by molar-refractivity contribution is -0.118. The van der Waals surface area contributed by atoms with Gasteiger partial charge in [-0.2, -0.15) is 0 Å². The maximum Gasteiger partial charge on any atom is 0.218 e. The minimum atomic E-state index is -0.275. The molecule has 1 aromatic rings. The molecule has 2 unspecified atom stereocenters. The molecule has 0 aliphatic rings. The summed E-state index contributed by atoms with van der Waals surface area (Å²) in [6, 6.07) is 0.311. The van der Waals surface area contributed by atoms with Crippen molar-refractivity contribution in [1.29, 1.82) is 0 Å². The molecule has 0 fully saturated rings. The van der Waals surface area contributed by atoms with E-state index in [2.05, 4.69) is 17.2 Å². The van der Waals surface area contributed by atoms with Gasteiger partial charge in [-0.25, -0.2) is 4.98 Å².